The van der Waals surface area contributed by atoms with Crippen LogP contribution in [0.15, 0.2) is 77.4 Å². The number of likely N-dealkylation sites (tertiary alicyclic amines) is 1. The van der Waals surface area contributed by atoms with E-state index in [-0.39, 0.29) is 17.6 Å². The van der Waals surface area contributed by atoms with Crippen molar-refractivity contribution in [2.24, 2.45) is 5.92 Å². The Hall–Kier alpha value is -3.87. The summed E-state index contributed by atoms with van der Waals surface area (Å²) in [5.41, 5.74) is 2.14. The first-order valence-electron chi connectivity index (χ1n) is 11.5. The molecule has 176 valence electrons. The fourth-order valence-electron chi connectivity index (χ4n) is 4.13. The highest BCUT2D eigenvalue weighted by molar-refractivity contribution is 6.02. The number of amides is 2. The zero-order chi connectivity index (χ0) is 23.9. The molecule has 2 aromatic carbocycles. The first kappa shape index (κ1) is 23.3. The van der Waals surface area contributed by atoms with Crippen molar-refractivity contribution < 1.29 is 23.5 Å². The second-order valence-electron chi connectivity index (χ2n) is 8.51. The van der Waals surface area contributed by atoms with Gasteiger partial charge in [-0.1, -0.05) is 30.3 Å². The molecule has 1 saturated heterocycles. The van der Waals surface area contributed by atoms with Crippen LogP contribution in [0.2, 0.25) is 0 Å². The molecule has 0 bridgehead atoms. The van der Waals surface area contributed by atoms with E-state index < -0.39 is 12.1 Å². The van der Waals surface area contributed by atoms with Crippen LogP contribution in [0.1, 0.15) is 46.2 Å². The van der Waals surface area contributed by atoms with E-state index in [0.717, 1.165) is 19.3 Å². The summed E-state index contributed by atoms with van der Waals surface area (Å²) < 4.78 is 10.5. The number of piperidine rings is 1. The molecule has 2 heterocycles. The highest BCUT2D eigenvalue weighted by atomic mass is 16.5. The van der Waals surface area contributed by atoms with Gasteiger partial charge in [0.1, 0.15) is 0 Å². The van der Waals surface area contributed by atoms with E-state index in [9.17, 15) is 14.4 Å². The van der Waals surface area contributed by atoms with Gasteiger partial charge in [-0.15, -0.1) is 0 Å². The number of esters is 1. The van der Waals surface area contributed by atoms with Gasteiger partial charge >= 0.3 is 5.97 Å². The predicted octanol–water partition coefficient (Wildman–Crippen LogP) is 4.56. The minimum Gasteiger partial charge on any atom is -0.459 e. The Labute approximate surface area is 198 Å². The monoisotopic (exact) mass is 460 g/mol. The van der Waals surface area contributed by atoms with Gasteiger partial charge < -0.3 is 19.4 Å². The van der Waals surface area contributed by atoms with E-state index in [2.05, 4.69) is 29.6 Å². The number of ether oxygens (including phenoxy) is 1. The Bertz CT molecular complexity index is 1100. The Morgan fingerprint density at radius 3 is 2.35 bits per heavy atom. The molecule has 3 aromatic rings. The fourth-order valence-corrected chi connectivity index (χ4v) is 4.13. The number of hydrogen-bond donors (Lipinski definition) is 1. The van der Waals surface area contributed by atoms with Gasteiger partial charge in [-0.3, -0.25) is 9.59 Å². The zero-order valence-electron chi connectivity index (χ0n) is 19.1. The first-order chi connectivity index (χ1) is 16.5. The number of benzene rings is 2. The standard InChI is InChI=1S/C27H28N2O5/c1-19(26(31)29-15-13-21(14-16-29)18-20-6-3-2-4-7-20)34-27(32)22-9-11-23(12-10-22)28-25(30)24-8-5-17-33-24/h2-12,17,19,21H,13-16,18H2,1H3,(H,28,30). The Kier molecular flexibility index (Phi) is 7.42. The van der Waals surface area contributed by atoms with Crippen LogP contribution in [0.5, 0.6) is 0 Å². The van der Waals surface area contributed by atoms with E-state index >= 15 is 0 Å². The minimum atomic E-state index is -0.864. The number of anilines is 1. The number of nitrogens with zero attached hydrogens (tertiary/aromatic N) is 1. The van der Waals surface area contributed by atoms with Crippen molar-refractivity contribution in [1.29, 1.82) is 0 Å². The van der Waals surface area contributed by atoms with Gasteiger partial charge in [0, 0.05) is 18.8 Å². The molecule has 4 rings (SSSR count). The van der Waals surface area contributed by atoms with E-state index in [1.807, 2.05) is 6.07 Å². The normalized spacial score (nSPS) is 14.9. The summed E-state index contributed by atoms with van der Waals surface area (Å²) in [5.74, 6) is -0.388. The topological polar surface area (TPSA) is 88.8 Å². The number of rotatable bonds is 7. The first-order valence-corrected chi connectivity index (χ1v) is 11.5. The van der Waals surface area contributed by atoms with Crippen molar-refractivity contribution in [3.05, 3.63) is 89.9 Å². The average Bonchev–Trinajstić information content (AvgIpc) is 3.40. The maximum atomic E-state index is 12.8. The predicted molar refractivity (Wildman–Crippen MR) is 127 cm³/mol. The van der Waals surface area contributed by atoms with Gasteiger partial charge in [-0.05, 0) is 74.1 Å². The molecular formula is C27H28N2O5. The van der Waals surface area contributed by atoms with Crippen LogP contribution in [0.3, 0.4) is 0 Å². The van der Waals surface area contributed by atoms with Gasteiger partial charge in [0.15, 0.2) is 11.9 Å². The number of furan rings is 1. The highest BCUT2D eigenvalue weighted by Gasteiger charge is 2.28. The lowest BCUT2D eigenvalue weighted by atomic mass is 9.90. The average molecular weight is 461 g/mol. The third kappa shape index (κ3) is 5.92. The summed E-state index contributed by atoms with van der Waals surface area (Å²) in [6.45, 7) is 2.94. The van der Waals surface area contributed by atoms with Crippen molar-refractivity contribution in [2.45, 2.75) is 32.3 Å². The summed E-state index contributed by atoms with van der Waals surface area (Å²) >= 11 is 0. The number of carbonyl (C=O) groups is 3. The van der Waals surface area contributed by atoms with Crippen LogP contribution in [0.25, 0.3) is 0 Å². The lowest BCUT2D eigenvalue weighted by molar-refractivity contribution is -0.141. The van der Waals surface area contributed by atoms with Crippen molar-refractivity contribution in [2.75, 3.05) is 18.4 Å². The molecule has 1 fully saturated rings. The summed E-state index contributed by atoms with van der Waals surface area (Å²) in [6, 6.07) is 19.9. The maximum Gasteiger partial charge on any atom is 0.338 e. The summed E-state index contributed by atoms with van der Waals surface area (Å²) in [5, 5.41) is 2.69. The van der Waals surface area contributed by atoms with Crippen LogP contribution in [-0.2, 0) is 16.0 Å². The van der Waals surface area contributed by atoms with Crippen molar-refractivity contribution in [3.63, 3.8) is 0 Å². The molecule has 0 saturated carbocycles. The van der Waals surface area contributed by atoms with E-state index in [1.165, 1.54) is 11.8 Å². The lowest BCUT2D eigenvalue weighted by Gasteiger charge is -2.33. The summed E-state index contributed by atoms with van der Waals surface area (Å²) in [4.78, 5) is 39.2. The molecule has 2 amide bonds. The van der Waals surface area contributed by atoms with Crippen LogP contribution in [0.4, 0.5) is 5.69 Å². The van der Waals surface area contributed by atoms with E-state index in [4.69, 9.17) is 9.15 Å². The Balaban J connectivity index is 1.24. The molecular weight excluding hydrogens is 432 g/mol. The molecule has 7 nitrogen and oxygen atoms in total. The van der Waals surface area contributed by atoms with E-state index in [0.29, 0.717) is 30.3 Å². The molecule has 7 heteroatoms. The fraction of sp³-hybridized carbons (Fsp3) is 0.296. The molecule has 1 aliphatic heterocycles. The molecule has 1 aliphatic rings. The largest absolute Gasteiger partial charge is 0.459 e. The molecule has 0 radical (unpaired) electrons. The summed E-state index contributed by atoms with van der Waals surface area (Å²) in [7, 11) is 0. The smallest absolute Gasteiger partial charge is 0.338 e. The maximum absolute atomic E-state index is 12.8. The van der Waals surface area contributed by atoms with E-state index in [1.54, 1.807) is 48.2 Å². The minimum absolute atomic E-state index is 0.172. The number of nitrogens with one attached hydrogen (secondary N) is 1. The van der Waals surface area contributed by atoms with Crippen molar-refractivity contribution in [3.8, 4) is 0 Å². The van der Waals surface area contributed by atoms with Crippen LogP contribution < -0.4 is 5.32 Å². The lowest BCUT2D eigenvalue weighted by Crippen LogP contribution is -2.44. The van der Waals surface area contributed by atoms with Gasteiger partial charge in [-0.25, -0.2) is 4.79 Å². The SMILES string of the molecule is CC(OC(=O)c1ccc(NC(=O)c2ccco2)cc1)C(=O)N1CCC(Cc2ccccc2)CC1. The third-order valence-electron chi connectivity index (χ3n) is 6.05. The third-order valence-corrected chi connectivity index (χ3v) is 6.05. The Morgan fingerprint density at radius 1 is 1.00 bits per heavy atom. The van der Waals surface area contributed by atoms with Gasteiger partial charge in [0.05, 0.1) is 11.8 Å². The molecule has 1 atom stereocenters. The van der Waals surface area contributed by atoms with Crippen LogP contribution in [-0.4, -0.2) is 41.9 Å². The highest BCUT2D eigenvalue weighted by Crippen LogP contribution is 2.22. The molecule has 1 aromatic heterocycles. The number of carbonyl (C=O) groups excluding carboxylic acids is 3. The number of hydrogen-bond acceptors (Lipinski definition) is 5. The van der Waals surface area contributed by atoms with Gasteiger partial charge in [0.2, 0.25) is 0 Å². The van der Waals surface area contributed by atoms with Crippen LogP contribution in [0, 0.1) is 5.92 Å². The molecule has 0 aliphatic carbocycles. The second-order valence-corrected chi connectivity index (χ2v) is 8.51. The van der Waals surface area contributed by atoms with Crippen molar-refractivity contribution in [1.82, 2.24) is 4.90 Å². The Morgan fingerprint density at radius 2 is 1.71 bits per heavy atom. The quantitative estimate of drug-likeness (QED) is 0.522. The van der Waals surface area contributed by atoms with Crippen molar-refractivity contribution >= 4 is 23.5 Å². The summed E-state index contributed by atoms with van der Waals surface area (Å²) in [6.07, 6.45) is 3.45. The molecule has 1 unspecified atom stereocenters. The molecule has 0 spiro atoms. The van der Waals surface area contributed by atoms with Crippen LogP contribution >= 0.6 is 0 Å². The van der Waals surface area contributed by atoms with Gasteiger partial charge in [-0.2, -0.15) is 0 Å². The second kappa shape index (κ2) is 10.8. The zero-order valence-corrected chi connectivity index (χ0v) is 19.1. The van der Waals surface area contributed by atoms with Gasteiger partial charge in [0.25, 0.3) is 11.8 Å². The molecule has 34 heavy (non-hydrogen) atoms. The molecule has 1 N–H and O–H groups in total.